The van der Waals surface area contributed by atoms with Crippen LogP contribution in [0.2, 0.25) is 18.1 Å². The van der Waals surface area contributed by atoms with Gasteiger partial charge >= 0.3 is 6.09 Å². The molecule has 0 amide bonds. The second kappa shape index (κ2) is 6.48. The standard InChI is InChI=1S/C15H27NO3Si/c1-7-8-12-18-14(17)16-11-9-10-13(16)19-20(5,6)15(2,3)4/h9-11H,7-8,12H2,1-6H3. The van der Waals surface area contributed by atoms with Gasteiger partial charge in [-0.25, -0.2) is 9.36 Å². The number of carbonyl (C=O) groups is 1. The lowest BCUT2D eigenvalue weighted by Crippen LogP contribution is -2.44. The highest BCUT2D eigenvalue weighted by atomic mass is 28.4. The van der Waals surface area contributed by atoms with Gasteiger partial charge in [-0.1, -0.05) is 34.1 Å². The van der Waals surface area contributed by atoms with Crippen LogP contribution in [0.25, 0.3) is 0 Å². The molecule has 5 heteroatoms. The van der Waals surface area contributed by atoms with Crippen molar-refractivity contribution in [3.05, 3.63) is 18.3 Å². The molecule has 0 atom stereocenters. The number of hydrogen-bond donors (Lipinski definition) is 0. The minimum absolute atomic E-state index is 0.0915. The lowest BCUT2D eigenvalue weighted by molar-refractivity contribution is 0.144. The van der Waals surface area contributed by atoms with E-state index in [-0.39, 0.29) is 11.1 Å². The van der Waals surface area contributed by atoms with Crippen molar-refractivity contribution in [1.29, 1.82) is 0 Å². The summed E-state index contributed by atoms with van der Waals surface area (Å²) in [6, 6.07) is 3.63. The van der Waals surface area contributed by atoms with Crippen molar-refractivity contribution in [2.45, 2.75) is 58.7 Å². The Labute approximate surface area is 123 Å². The fourth-order valence-electron chi connectivity index (χ4n) is 1.39. The average molecular weight is 297 g/mol. The van der Waals surface area contributed by atoms with Gasteiger partial charge in [0.1, 0.15) is 0 Å². The Morgan fingerprint density at radius 3 is 2.55 bits per heavy atom. The minimum atomic E-state index is -1.95. The van der Waals surface area contributed by atoms with E-state index >= 15 is 0 Å². The fraction of sp³-hybridized carbons (Fsp3) is 0.667. The van der Waals surface area contributed by atoms with Crippen LogP contribution < -0.4 is 4.43 Å². The summed E-state index contributed by atoms with van der Waals surface area (Å²) in [5, 5.41) is 0.0915. The molecule has 1 heterocycles. The summed E-state index contributed by atoms with van der Waals surface area (Å²) in [7, 11) is -1.95. The molecule has 4 nitrogen and oxygen atoms in total. The summed E-state index contributed by atoms with van der Waals surface area (Å²) < 4.78 is 12.8. The molecule has 0 aliphatic rings. The zero-order chi connectivity index (χ0) is 15.4. The third-order valence-electron chi connectivity index (χ3n) is 3.80. The number of rotatable bonds is 5. The zero-order valence-electron chi connectivity index (χ0n) is 13.5. The van der Waals surface area contributed by atoms with Gasteiger partial charge in [0.15, 0.2) is 5.88 Å². The molecule has 1 aromatic rings. The molecule has 0 saturated heterocycles. The summed E-state index contributed by atoms with van der Waals surface area (Å²) in [6.45, 7) is 13.4. The maximum Gasteiger partial charge on any atom is 0.420 e. The first-order valence-electron chi connectivity index (χ1n) is 7.22. The van der Waals surface area contributed by atoms with Crippen molar-refractivity contribution in [1.82, 2.24) is 4.57 Å². The molecule has 0 aromatic carbocycles. The molecule has 1 rings (SSSR count). The van der Waals surface area contributed by atoms with E-state index in [1.807, 2.05) is 12.1 Å². The van der Waals surface area contributed by atoms with Crippen LogP contribution >= 0.6 is 0 Å². The van der Waals surface area contributed by atoms with E-state index in [4.69, 9.17) is 9.16 Å². The van der Waals surface area contributed by atoms with Gasteiger partial charge in [0.2, 0.25) is 0 Å². The molecular formula is C15H27NO3Si. The van der Waals surface area contributed by atoms with E-state index in [0.29, 0.717) is 12.5 Å². The van der Waals surface area contributed by atoms with Crippen LogP contribution in [0.5, 0.6) is 5.88 Å². The molecular weight excluding hydrogens is 270 g/mol. The molecule has 0 spiro atoms. The molecule has 0 unspecified atom stereocenters. The number of ether oxygens (including phenoxy) is 1. The van der Waals surface area contributed by atoms with Gasteiger partial charge in [-0.15, -0.1) is 0 Å². The number of unbranched alkanes of at least 4 members (excludes halogenated alkanes) is 1. The summed E-state index contributed by atoms with van der Waals surface area (Å²) in [4.78, 5) is 12.0. The topological polar surface area (TPSA) is 40.5 Å². The van der Waals surface area contributed by atoms with Crippen LogP contribution in [-0.4, -0.2) is 25.6 Å². The Balaban J connectivity index is 2.79. The second-order valence-corrected chi connectivity index (χ2v) is 11.3. The Bertz CT molecular complexity index is 446. The third kappa shape index (κ3) is 4.13. The normalized spacial score (nSPS) is 12.3. The van der Waals surface area contributed by atoms with Gasteiger partial charge in [0.25, 0.3) is 8.32 Å². The maximum atomic E-state index is 12.0. The predicted octanol–water partition coefficient (Wildman–Crippen LogP) is 4.66. The SMILES string of the molecule is CCCCOC(=O)n1cccc1O[Si](C)(C)C(C)(C)C. The maximum absolute atomic E-state index is 12.0. The highest BCUT2D eigenvalue weighted by molar-refractivity contribution is 6.74. The first kappa shape index (κ1) is 16.8. The third-order valence-corrected chi connectivity index (χ3v) is 8.13. The van der Waals surface area contributed by atoms with Crippen LogP contribution in [0.3, 0.4) is 0 Å². The van der Waals surface area contributed by atoms with Gasteiger partial charge in [0.05, 0.1) is 6.61 Å². The van der Waals surface area contributed by atoms with Gasteiger partial charge < -0.3 is 9.16 Å². The summed E-state index contributed by atoms with van der Waals surface area (Å²) >= 11 is 0. The minimum Gasteiger partial charge on any atom is -0.531 e. The van der Waals surface area contributed by atoms with E-state index in [1.54, 1.807) is 6.20 Å². The smallest absolute Gasteiger partial charge is 0.420 e. The van der Waals surface area contributed by atoms with Crippen LogP contribution in [0.1, 0.15) is 40.5 Å². The van der Waals surface area contributed by atoms with E-state index in [1.165, 1.54) is 4.57 Å². The highest BCUT2D eigenvalue weighted by Gasteiger charge is 2.39. The number of aromatic nitrogens is 1. The molecule has 1 aromatic heterocycles. The van der Waals surface area contributed by atoms with Gasteiger partial charge in [-0.2, -0.15) is 0 Å². The molecule has 20 heavy (non-hydrogen) atoms. The second-order valence-electron chi connectivity index (χ2n) is 6.55. The molecule has 114 valence electrons. The quantitative estimate of drug-likeness (QED) is 0.586. The molecule has 0 saturated carbocycles. The fourth-order valence-corrected chi connectivity index (χ4v) is 2.38. The largest absolute Gasteiger partial charge is 0.531 e. The Morgan fingerprint density at radius 2 is 2.00 bits per heavy atom. The van der Waals surface area contributed by atoms with Crippen molar-refractivity contribution in [3.8, 4) is 5.88 Å². The number of hydrogen-bond acceptors (Lipinski definition) is 3. The molecule has 0 radical (unpaired) electrons. The number of nitrogens with zero attached hydrogens (tertiary/aromatic N) is 1. The van der Waals surface area contributed by atoms with Crippen LogP contribution in [0.4, 0.5) is 4.79 Å². The summed E-state index contributed by atoms with van der Waals surface area (Å²) in [5.74, 6) is 0.582. The van der Waals surface area contributed by atoms with Crippen molar-refractivity contribution in [2.75, 3.05) is 6.61 Å². The van der Waals surface area contributed by atoms with Crippen molar-refractivity contribution < 1.29 is 14.0 Å². The molecule has 0 N–H and O–H groups in total. The van der Waals surface area contributed by atoms with E-state index < -0.39 is 8.32 Å². The Kier molecular flexibility index (Phi) is 5.45. The summed E-state index contributed by atoms with van der Waals surface area (Å²) in [6.07, 6.45) is 3.21. The van der Waals surface area contributed by atoms with Crippen molar-refractivity contribution in [3.63, 3.8) is 0 Å². The van der Waals surface area contributed by atoms with E-state index in [9.17, 15) is 4.79 Å². The van der Waals surface area contributed by atoms with Gasteiger partial charge in [-0.05, 0) is 36.7 Å². The van der Waals surface area contributed by atoms with Crippen LogP contribution in [-0.2, 0) is 4.74 Å². The monoisotopic (exact) mass is 297 g/mol. The number of carbonyl (C=O) groups excluding carboxylic acids is 1. The summed E-state index contributed by atoms with van der Waals surface area (Å²) in [5.41, 5.74) is 0. The molecule has 0 aliphatic carbocycles. The van der Waals surface area contributed by atoms with Crippen molar-refractivity contribution >= 4 is 14.4 Å². The lowest BCUT2D eigenvalue weighted by Gasteiger charge is -2.36. The average Bonchev–Trinajstić information content (AvgIpc) is 2.75. The molecule has 0 fully saturated rings. The Hall–Kier alpha value is -1.23. The van der Waals surface area contributed by atoms with Crippen LogP contribution in [0.15, 0.2) is 18.3 Å². The van der Waals surface area contributed by atoms with Gasteiger partial charge in [0, 0.05) is 6.20 Å². The van der Waals surface area contributed by atoms with Gasteiger partial charge in [-0.3, -0.25) is 0 Å². The molecule has 0 aliphatic heterocycles. The highest BCUT2D eigenvalue weighted by Crippen LogP contribution is 2.37. The van der Waals surface area contributed by atoms with Crippen molar-refractivity contribution in [2.24, 2.45) is 0 Å². The molecule has 0 bridgehead atoms. The zero-order valence-corrected chi connectivity index (χ0v) is 14.5. The lowest BCUT2D eigenvalue weighted by atomic mass is 10.2. The van der Waals surface area contributed by atoms with E-state index in [0.717, 1.165) is 12.8 Å². The van der Waals surface area contributed by atoms with Crippen LogP contribution in [0, 0.1) is 0 Å². The Morgan fingerprint density at radius 1 is 1.35 bits per heavy atom. The first-order chi connectivity index (χ1) is 9.19. The first-order valence-corrected chi connectivity index (χ1v) is 10.1. The predicted molar refractivity (Wildman–Crippen MR) is 83.9 cm³/mol. The van der Waals surface area contributed by atoms with E-state index in [2.05, 4.69) is 40.8 Å².